The molecule has 0 aliphatic heterocycles. The molecule has 1 N–H and O–H groups in total. The van der Waals surface area contributed by atoms with Crippen LogP contribution >= 0.6 is 11.6 Å². The molecule has 1 aromatic carbocycles. The molecule has 0 spiro atoms. The molecular formula is C9H9ClO2. The zero-order chi connectivity index (χ0) is 9.30. The van der Waals surface area contributed by atoms with Gasteiger partial charge in [-0.1, -0.05) is 6.07 Å². The van der Waals surface area contributed by atoms with E-state index in [1.54, 1.807) is 13.0 Å². The highest BCUT2D eigenvalue weighted by molar-refractivity contribution is 6.68. The van der Waals surface area contributed by atoms with E-state index < -0.39 is 5.24 Å². The summed E-state index contributed by atoms with van der Waals surface area (Å²) in [6.45, 7) is 3.58. The Morgan fingerprint density at radius 1 is 1.42 bits per heavy atom. The van der Waals surface area contributed by atoms with Crippen molar-refractivity contribution < 1.29 is 9.90 Å². The quantitative estimate of drug-likeness (QED) is 0.681. The number of benzene rings is 1. The van der Waals surface area contributed by atoms with Crippen LogP contribution < -0.4 is 0 Å². The molecule has 0 aromatic heterocycles. The lowest BCUT2D eigenvalue weighted by Crippen LogP contribution is -1.94. The van der Waals surface area contributed by atoms with Gasteiger partial charge in [-0.15, -0.1) is 0 Å². The van der Waals surface area contributed by atoms with E-state index in [-0.39, 0.29) is 11.3 Å². The van der Waals surface area contributed by atoms with Gasteiger partial charge in [0.25, 0.3) is 5.24 Å². The van der Waals surface area contributed by atoms with E-state index in [4.69, 9.17) is 11.6 Å². The first-order valence-electron chi connectivity index (χ1n) is 3.52. The summed E-state index contributed by atoms with van der Waals surface area (Å²) in [7, 11) is 0. The second-order valence-electron chi connectivity index (χ2n) is 2.75. The minimum absolute atomic E-state index is 0.0486. The normalized spacial score (nSPS) is 9.92. The molecule has 1 aromatic rings. The lowest BCUT2D eigenvalue weighted by molar-refractivity contribution is 0.107. The Hall–Kier alpha value is -1.02. The van der Waals surface area contributed by atoms with Gasteiger partial charge < -0.3 is 5.11 Å². The number of phenols is 1. The van der Waals surface area contributed by atoms with Crippen LogP contribution in [0.25, 0.3) is 0 Å². The van der Waals surface area contributed by atoms with Crippen molar-refractivity contribution >= 4 is 16.8 Å². The average Bonchev–Trinajstić information content (AvgIpc) is 1.82. The molecule has 0 aliphatic rings. The highest BCUT2D eigenvalue weighted by Gasteiger charge is 2.11. The molecule has 3 heteroatoms. The third-order valence-electron chi connectivity index (χ3n) is 1.66. The molecule has 0 saturated carbocycles. The Morgan fingerprint density at radius 3 is 2.42 bits per heavy atom. The van der Waals surface area contributed by atoms with E-state index in [0.717, 1.165) is 5.56 Å². The molecule has 0 heterocycles. The SMILES string of the molecule is Cc1cc(C)c(C(=O)Cl)c(O)c1. The number of phenolic OH excluding ortho intramolecular Hbond substituents is 1. The van der Waals surface area contributed by atoms with Crippen molar-refractivity contribution in [2.75, 3.05) is 0 Å². The Bertz CT molecular complexity index is 308. The van der Waals surface area contributed by atoms with Gasteiger partial charge in [0.05, 0.1) is 5.56 Å². The largest absolute Gasteiger partial charge is 0.507 e. The van der Waals surface area contributed by atoms with Crippen LogP contribution in [0.1, 0.15) is 21.5 Å². The maximum Gasteiger partial charge on any atom is 0.256 e. The lowest BCUT2D eigenvalue weighted by atomic mass is 10.1. The molecule has 0 bridgehead atoms. The van der Waals surface area contributed by atoms with E-state index in [0.29, 0.717) is 5.56 Å². The molecule has 12 heavy (non-hydrogen) atoms. The lowest BCUT2D eigenvalue weighted by Gasteiger charge is -2.04. The minimum atomic E-state index is -0.620. The zero-order valence-electron chi connectivity index (χ0n) is 6.89. The number of halogens is 1. The topological polar surface area (TPSA) is 37.3 Å². The minimum Gasteiger partial charge on any atom is -0.507 e. The number of carbonyl (C=O) groups excluding carboxylic acids is 1. The van der Waals surface area contributed by atoms with Crippen LogP contribution in [-0.4, -0.2) is 10.3 Å². The first-order valence-corrected chi connectivity index (χ1v) is 3.90. The molecule has 0 saturated heterocycles. The third-order valence-corrected chi connectivity index (χ3v) is 1.84. The number of rotatable bonds is 1. The van der Waals surface area contributed by atoms with E-state index in [2.05, 4.69) is 0 Å². The molecule has 0 atom stereocenters. The van der Waals surface area contributed by atoms with Crippen LogP contribution in [0.4, 0.5) is 0 Å². The van der Waals surface area contributed by atoms with Crippen LogP contribution in [0, 0.1) is 13.8 Å². The predicted molar refractivity (Wildman–Crippen MR) is 47.8 cm³/mol. The smallest absolute Gasteiger partial charge is 0.256 e. The van der Waals surface area contributed by atoms with Crippen molar-refractivity contribution in [1.82, 2.24) is 0 Å². The van der Waals surface area contributed by atoms with Crippen molar-refractivity contribution in [2.45, 2.75) is 13.8 Å². The van der Waals surface area contributed by atoms with Gasteiger partial charge in [-0.3, -0.25) is 4.79 Å². The Labute approximate surface area is 75.8 Å². The molecular weight excluding hydrogens is 176 g/mol. The summed E-state index contributed by atoms with van der Waals surface area (Å²) in [5.74, 6) is -0.0486. The summed E-state index contributed by atoms with van der Waals surface area (Å²) in [5.41, 5.74) is 1.81. The van der Waals surface area contributed by atoms with Crippen LogP contribution in [0.3, 0.4) is 0 Å². The fraction of sp³-hybridized carbons (Fsp3) is 0.222. The summed E-state index contributed by atoms with van der Waals surface area (Å²) in [4.78, 5) is 10.8. The van der Waals surface area contributed by atoms with E-state index in [9.17, 15) is 9.90 Å². The van der Waals surface area contributed by atoms with Crippen LogP contribution in [0.15, 0.2) is 12.1 Å². The standard InChI is InChI=1S/C9H9ClO2/c1-5-3-6(2)8(9(10)12)7(11)4-5/h3-4,11H,1-2H3. The summed E-state index contributed by atoms with van der Waals surface area (Å²) in [6, 6.07) is 3.32. The van der Waals surface area contributed by atoms with Crippen molar-refractivity contribution in [3.05, 3.63) is 28.8 Å². The maximum absolute atomic E-state index is 10.8. The maximum atomic E-state index is 10.8. The van der Waals surface area contributed by atoms with Crippen molar-refractivity contribution in [3.63, 3.8) is 0 Å². The molecule has 2 nitrogen and oxygen atoms in total. The molecule has 0 aliphatic carbocycles. The number of aryl methyl sites for hydroxylation is 2. The van der Waals surface area contributed by atoms with Gasteiger partial charge in [-0.05, 0) is 42.6 Å². The van der Waals surface area contributed by atoms with Crippen molar-refractivity contribution in [3.8, 4) is 5.75 Å². The van der Waals surface area contributed by atoms with Gasteiger partial charge in [0.15, 0.2) is 0 Å². The van der Waals surface area contributed by atoms with Gasteiger partial charge in [-0.2, -0.15) is 0 Å². The van der Waals surface area contributed by atoms with Gasteiger partial charge in [0.2, 0.25) is 0 Å². The summed E-state index contributed by atoms with van der Waals surface area (Å²) in [5, 5.41) is 8.72. The van der Waals surface area contributed by atoms with Gasteiger partial charge >= 0.3 is 0 Å². The second kappa shape index (κ2) is 3.15. The highest BCUT2D eigenvalue weighted by Crippen LogP contribution is 2.24. The Kier molecular flexibility index (Phi) is 2.38. The summed E-state index contributed by atoms with van der Waals surface area (Å²) < 4.78 is 0. The van der Waals surface area contributed by atoms with Gasteiger partial charge in [0, 0.05) is 0 Å². The van der Waals surface area contributed by atoms with Crippen molar-refractivity contribution in [1.29, 1.82) is 0 Å². The van der Waals surface area contributed by atoms with E-state index >= 15 is 0 Å². The molecule has 0 amide bonds. The Morgan fingerprint density at radius 2 is 2.00 bits per heavy atom. The van der Waals surface area contributed by atoms with Crippen LogP contribution in [0.5, 0.6) is 5.75 Å². The predicted octanol–water partition coefficient (Wildman–Crippen LogP) is 2.39. The first-order chi connectivity index (χ1) is 5.52. The number of carbonyl (C=O) groups is 1. The van der Waals surface area contributed by atoms with E-state index in [1.165, 1.54) is 6.07 Å². The molecule has 0 radical (unpaired) electrons. The number of hydrogen-bond acceptors (Lipinski definition) is 2. The molecule has 1 rings (SSSR count). The first kappa shape index (κ1) is 9.07. The highest BCUT2D eigenvalue weighted by atomic mass is 35.5. The fourth-order valence-corrected chi connectivity index (χ4v) is 1.45. The van der Waals surface area contributed by atoms with E-state index in [1.807, 2.05) is 6.92 Å². The molecule has 0 unspecified atom stereocenters. The number of aromatic hydroxyl groups is 1. The van der Waals surface area contributed by atoms with Crippen LogP contribution in [0.2, 0.25) is 0 Å². The summed E-state index contributed by atoms with van der Waals surface area (Å²) in [6.07, 6.45) is 0. The van der Waals surface area contributed by atoms with Gasteiger partial charge in [-0.25, -0.2) is 0 Å². The zero-order valence-corrected chi connectivity index (χ0v) is 7.64. The average molecular weight is 185 g/mol. The van der Waals surface area contributed by atoms with Crippen molar-refractivity contribution in [2.24, 2.45) is 0 Å². The van der Waals surface area contributed by atoms with Gasteiger partial charge in [0.1, 0.15) is 5.75 Å². The summed E-state index contributed by atoms with van der Waals surface area (Å²) >= 11 is 5.27. The monoisotopic (exact) mass is 184 g/mol. The number of hydrogen-bond donors (Lipinski definition) is 1. The fourth-order valence-electron chi connectivity index (χ4n) is 1.20. The molecule has 0 fully saturated rings. The third kappa shape index (κ3) is 1.59. The Balaban J connectivity index is 3.38. The van der Waals surface area contributed by atoms with Crippen LogP contribution in [-0.2, 0) is 0 Å². The molecule has 64 valence electrons. The second-order valence-corrected chi connectivity index (χ2v) is 3.09.